The van der Waals surface area contributed by atoms with E-state index < -0.39 is 0 Å². The van der Waals surface area contributed by atoms with E-state index in [4.69, 9.17) is 18.7 Å². The molecule has 1 aromatic heterocycles. The zero-order valence-electron chi connectivity index (χ0n) is 14.6. The molecule has 2 aromatic carbocycles. The van der Waals surface area contributed by atoms with E-state index in [9.17, 15) is 0 Å². The van der Waals surface area contributed by atoms with Crippen LogP contribution in [0.1, 0.15) is 5.89 Å². The van der Waals surface area contributed by atoms with Gasteiger partial charge in [0, 0.05) is 16.6 Å². The summed E-state index contributed by atoms with van der Waals surface area (Å²) in [5.41, 5.74) is 1.59. The predicted octanol–water partition coefficient (Wildman–Crippen LogP) is 4.14. The van der Waals surface area contributed by atoms with Crippen LogP contribution < -0.4 is 19.5 Å². The number of halogens is 1. The lowest BCUT2D eigenvalue weighted by molar-refractivity contribution is 0.382. The van der Waals surface area contributed by atoms with E-state index in [1.165, 1.54) is 0 Å². The van der Waals surface area contributed by atoms with Crippen LogP contribution in [0.3, 0.4) is 0 Å². The molecule has 0 aliphatic rings. The summed E-state index contributed by atoms with van der Waals surface area (Å²) in [6, 6.07) is 11.1. The molecule has 7 nitrogen and oxygen atoms in total. The van der Waals surface area contributed by atoms with Crippen LogP contribution in [0, 0.1) is 0 Å². The number of rotatable bonds is 7. The van der Waals surface area contributed by atoms with E-state index in [1.807, 2.05) is 30.3 Å². The molecule has 0 aliphatic heterocycles. The van der Waals surface area contributed by atoms with Crippen LogP contribution in [0.15, 0.2) is 45.4 Å². The Hall–Kier alpha value is -2.74. The van der Waals surface area contributed by atoms with Gasteiger partial charge in [-0.15, -0.1) is 0 Å². The molecule has 0 radical (unpaired) electrons. The fourth-order valence-electron chi connectivity index (χ4n) is 2.36. The molecular formula is C18H18BrN3O4. The minimum Gasteiger partial charge on any atom is -0.497 e. The second-order valence-corrected chi connectivity index (χ2v) is 6.13. The zero-order chi connectivity index (χ0) is 18.5. The number of nitrogens with one attached hydrogen (secondary N) is 1. The lowest BCUT2D eigenvalue weighted by Crippen LogP contribution is -2.01. The van der Waals surface area contributed by atoms with Crippen molar-refractivity contribution in [3.8, 4) is 28.6 Å². The van der Waals surface area contributed by atoms with Gasteiger partial charge in [0.25, 0.3) is 0 Å². The Kier molecular flexibility index (Phi) is 5.62. The summed E-state index contributed by atoms with van der Waals surface area (Å²) in [4.78, 5) is 4.42. The third kappa shape index (κ3) is 3.91. The van der Waals surface area contributed by atoms with Crippen LogP contribution in [0.25, 0.3) is 11.4 Å². The normalized spacial score (nSPS) is 10.5. The fourth-order valence-corrected chi connectivity index (χ4v) is 2.74. The second kappa shape index (κ2) is 8.09. The number of benzene rings is 2. The highest BCUT2D eigenvalue weighted by molar-refractivity contribution is 9.10. The molecule has 3 rings (SSSR count). The lowest BCUT2D eigenvalue weighted by Gasteiger charge is -2.08. The van der Waals surface area contributed by atoms with Crippen LogP contribution in [0.4, 0.5) is 5.69 Å². The van der Waals surface area contributed by atoms with Gasteiger partial charge in [-0.2, -0.15) is 4.98 Å². The molecule has 0 atom stereocenters. The van der Waals surface area contributed by atoms with Gasteiger partial charge in [-0.25, -0.2) is 0 Å². The van der Waals surface area contributed by atoms with Gasteiger partial charge in [0.05, 0.1) is 39.1 Å². The maximum atomic E-state index is 5.38. The standard InChI is InChI=1S/C18H18BrN3O4/c1-23-11-5-7-14(19)15(8-11)20-10-17-21-18(22-26-17)13-6-4-12(24-2)9-16(13)25-3/h4-9,20H,10H2,1-3H3. The van der Waals surface area contributed by atoms with Crippen molar-refractivity contribution in [1.82, 2.24) is 10.1 Å². The molecule has 0 spiro atoms. The Morgan fingerprint density at radius 2 is 1.73 bits per heavy atom. The summed E-state index contributed by atoms with van der Waals surface area (Å²) >= 11 is 3.49. The van der Waals surface area contributed by atoms with Crippen LogP contribution in [0.5, 0.6) is 17.2 Å². The first kappa shape index (κ1) is 18.1. The molecule has 8 heteroatoms. The first-order chi connectivity index (χ1) is 12.6. The number of nitrogens with zero attached hydrogens (tertiary/aromatic N) is 2. The highest BCUT2D eigenvalue weighted by Crippen LogP contribution is 2.32. The molecule has 3 aromatic rings. The van der Waals surface area contributed by atoms with Crippen molar-refractivity contribution in [2.75, 3.05) is 26.6 Å². The van der Waals surface area contributed by atoms with E-state index in [2.05, 4.69) is 31.4 Å². The quantitative estimate of drug-likeness (QED) is 0.616. The van der Waals surface area contributed by atoms with Crippen molar-refractivity contribution >= 4 is 21.6 Å². The largest absolute Gasteiger partial charge is 0.497 e. The van der Waals surface area contributed by atoms with Gasteiger partial charge in [0.1, 0.15) is 17.2 Å². The van der Waals surface area contributed by atoms with E-state index in [1.54, 1.807) is 27.4 Å². The molecule has 0 saturated carbocycles. The number of anilines is 1. The van der Waals surface area contributed by atoms with Gasteiger partial charge in [0.2, 0.25) is 11.7 Å². The Balaban J connectivity index is 1.77. The van der Waals surface area contributed by atoms with Crippen LogP contribution in [-0.4, -0.2) is 31.5 Å². The first-order valence-corrected chi connectivity index (χ1v) is 8.56. The second-order valence-electron chi connectivity index (χ2n) is 5.28. The number of aromatic nitrogens is 2. The summed E-state index contributed by atoms with van der Waals surface area (Å²) < 4.78 is 22.1. The molecule has 0 aliphatic carbocycles. The van der Waals surface area contributed by atoms with Crippen molar-refractivity contribution in [2.24, 2.45) is 0 Å². The van der Waals surface area contributed by atoms with Gasteiger partial charge in [0.15, 0.2) is 0 Å². The van der Waals surface area contributed by atoms with E-state index in [0.717, 1.165) is 21.5 Å². The Morgan fingerprint density at radius 3 is 2.46 bits per heavy atom. The summed E-state index contributed by atoms with van der Waals surface area (Å²) in [6.07, 6.45) is 0. The molecule has 0 saturated heterocycles. The molecule has 0 bridgehead atoms. The Morgan fingerprint density at radius 1 is 1.00 bits per heavy atom. The fraction of sp³-hybridized carbons (Fsp3) is 0.222. The van der Waals surface area contributed by atoms with Crippen LogP contribution >= 0.6 is 15.9 Å². The highest BCUT2D eigenvalue weighted by Gasteiger charge is 2.14. The van der Waals surface area contributed by atoms with Gasteiger partial charge >= 0.3 is 0 Å². The number of hydrogen-bond donors (Lipinski definition) is 1. The molecular weight excluding hydrogens is 402 g/mol. The SMILES string of the molecule is COc1ccc(Br)c(NCc2nc(-c3ccc(OC)cc3OC)no2)c1. The molecule has 26 heavy (non-hydrogen) atoms. The van der Waals surface area contributed by atoms with E-state index >= 15 is 0 Å². The molecule has 1 N–H and O–H groups in total. The minimum atomic E-state index is 0.372. The highest BCUT2D eigenvalue weighted by atomic mass is 79.9. The maximum absolute atomic E-state index is 5.38. The van der Waals surface area contributed by atoms with Gasteiger partial charge in [-0.1, -0.05) is 5.16 Å². The van der Waals surface area contributed by atoms with Crippen molar-refractivity contribution in [1.29, 1.82) is 0 Å². The summed E-state index contributed by atoms with van der Waals surface area (Å²) in [5.74, 6) is 2.96. The summed E-state index contributed by atoms with van der Waals surface area (Å²) in [5, 5.41) is 7.28. The number of methoxy groups -OCH3 is 3. The molecule has 0 unspecified atom stereocenters. The van der Waals surface area contributed by atoms with Crippen molar-refractivity contribution in [2.45, 2.75) is 6.54 Å². The van der Waals surface area contributed by atoms with E-state index in [0.29, 0.717) is 29.8 Å². The molecule has 0 amide bonds. The smallest absolute Gasteiger partial charge is 0.246 e. The topological polar surface area (TPSA) is 78.6 Å². The average molecular weight is 420 g/mol. The monoisotopic (exact) mass is 419 g/mol. The zero-order valence-corrected chi connectivity index (χ0v) is 16.2. The van der Waals surface area contributed by atoms with Crippen molar-refractivity contribution in [3.05, 3.63) is 46.8 Å². The summed E-state index contributed by atoms with van der Waals surface area (Å²) in [7, 11) is 4.81. The maximum Gasteiger partial charge on any atom is 0.246 e. The third-order valence-electron chi connectivity index (χ3n) is 3.72. The van der Waals surface area contributed by atoms with Crippen LogP contribution in [0.2, 0.25) is 0 Å². The number of ether oxygens (including phenoxy) is 3. The third-order valence-corrected chi connectivity index (χ3v) is 4.41. The molecule has 0 fully saturated rings. The van der Waals surface area contributed by atoms with E-state index in [-0.39, 0.29) is 0 Å². The van der Waals surface area contributed by atoms with Gasteiger partial charge in [-0.3, -0.25) is 0 Å². The minimum absolute atomic E-state index is 0.372. The lowest BCUT2D eigenvalue weighted by atomic mass is 10.2. The van der Waals surface area contributed by atoms with Crippen molar-refractivity contribution < 1.29 is 18.7 Å². The van der Waals surface area contributed by atoms with Crippen molar-refractivity contribution in [3.63, 3.8) is 0 Å². The molecule has 1 heterocycles. The predicted molar refractivity (Wildman–Crippen MR) is 101 cm³/mol. The molecule has 136 valence electrons. The van der Waals surface area contributed by atoms with Crippen LogP contribution in [-0.2, 0) is 6.54 Å². The average Bonchev–Trinajstić information content (AvgIpc) is 3.15. The Bertz CT molecular complexity index is 898. The van der Waals surface area contributed by atoms with Gasteiger partial charge < -0.3 is 24.1 Å². The van der Waals surface area contributed by atoms with Gasteiger partial charge in [-0.05, 0) is 40.2 Å². The number of hydrogen-bond acceptors (Lipinski definition) is 7. The Labute approximate surface area is 159 Å². The first-order valence-electron chi connectivity index (χ1n) is 7.77. The summed E-state index contributed by atoms with van der Waals surface area (Å²) in [6.45, 7) is 0.372.